The lowest BCUT2D eigenvalue weighted by atomic mass is 9.98. The zero-order valence-corrected chi connectivity index (χ0v) is 12.8. The van der Waals surface area contributed by atoms with E-state index in [1.807, 2.05) is 5.43 Å². The first-order chi connectivity index (χ1) is 12.0. The largest absolute Gasteiger partial charge is 0.416 e. The summed E-state index contributed by atoms with van der Waals surface area (Å²) in [4.78, 5) is 10.5. The molecule has 4 nitrogen and oxygen atoms in total. The lowest BCUT2D eigenvalue weighted by molar-refractivity contribution is -0.143. The molecule has 10 heteroatoms. The van der Waals surface area contributed by atoms with Crippen molar-refractivity contribution in [2.75, 3.05) is 0 Å². The maximum Gasteiger partial charge on any atom is 0.416 e. The molecule has 0 unspecified atom stereocenters. The first-order valence-electron chi connectivity index (χ1n) is 6.95. The van der Waals surface area contributed by atoms with Gasteiger partial charge in [0.15, 0.2) is 0 Å². The summed E-state index contributed by atoms with van der Waals surface area (Å²) in [7, 11) is 0. The molecule has 0 aliphatic heterocycles. The number of nitrogens with zero attached hydrogens (tertiary/aromatic N) is 1. The smallest absolute Gasteiger partial charge is 0.350 e. The third-order valence-corrected chi connectivity index (χ3v) is 3.22. The molecule has 0 saturated carbocycles. The Morgan fingerprint density at radius 1 is 0.885 bits per heavy atom. The molecule has 2 aromatic rings. The second kappa shape index (κ2) is 7.06. The molecule has 2 amide bonds. The van der Waals surface area contributed by atoms with Crippen molar-refractivity contribution in [1.82, 2.24) is 5.43 Å². The van der Waals surface area contributed by atoms with Gasteiger partial charge in [0.2, 0.25) is 0 Å². The van der Waals surface area contributed by atoms with Crippen LogP contribution in [0.15, 0.2) is 47.6 Å². The summed E-state index contributed by atoms with van der Waals surface area (Å²) in [6.07, 6.45) is -8.62. The summed E-state index contributed by atoms with van der Waals surface area (Å²) in [5.74, 6) is 0. The van der Waals surface area contributed by atoms with Gasteiger partial charge in [-0.05, 0) is 34.9 Å². The zero-order valence-electron chi connectivity index (χ0n) is 12.8. The quantitative estimate of drug-likeness (QED) is 0.466. The predicted molar refractivity (Wildman–Crippen MR) is 82.2 cm³/mol. The van der Waals surface area contributed by atoms with Crippen molar-refractivity contribution in [3.63, 3.8) is 0 Å². The topological polar surface area (TPSA) is 67.5 Å². The zero-order chi connectivity index (χ0) is 19.5. The molecule has 2 aromatic carbocycles. The minimum atomic E-state index is -4.91. The number of carbonyl (C=O) groups excluding carboxylic acids is 1. The first kappa shape index (κ1) is 19.3. The van der Waals surface area contributed by atoms with Crippen LogP contribution in [0.25, 0.3) is 11.1 Å². The third-order valence-electron chi connectivity index (χ3n) is 3.22. The Bertz CT molecular complexity index is 793. The average Bonchev–Trinajstić information content (AvgIpc) is 2.53. The van der Waals surface area contributed by atoms with Crippen LogP contribution in [-0.2, 0) is 12.4 Å². The van der Waals surface area contributed by atoms with Crippen LogP contribution < -0.4 is 11.2 Å². The number of urea groups is 1. The molecule has 3 N–H and O–H groups in total. The second-order valence-electron chi connectivity index (χ2n) is 5.15. The third kappa shape index (κ3) is 4.98. The number of hydrogen-bond donors (Lipinski definition) is 2. The highest BCUT2D eigenvalue weighted by molar-refractivity contribution is 5.82. The molecule has 0 saturated heterocycles. The van der Waals surface area contributed by atoms with Gasteiger partial charge in [-0.25, -0.2) is 10.2 Å². The molecule has 0 atom stereocenters. The van der Waals surface area contributed by atoms with Gasteiger partial charge in [0.25, 0.3) is 0 Å². The second-order valence-corrected chi connectivity index (χ2v) is 5.15. The van der Waals surface area contributed by atoms with Gasteiger partial charge in [-0.3, -0.25) is 0 Å². The van der Waals surface area contributed by atoms with Crippen LogP contribution in [0, 0.1) is 0 Å². The van der Waals surface area contributed by atoms with Gasteiger partial charge in [0, 0.05) is 0 Å². The average molecular weight is 375 g/mol. The molecule has 2 rings (SSSR count). The molecule has 138 valence electrons. The number of rotatable bonds is 3. The van der Waals surface area contributed by atoms with Gasteiger partial charge >= 0.3 is 18.4 Å². The number of hydrogen-bond acceptors (Lipinski definition) is 2. The Morgan fingerprint density at radius 3 is 1.81 bits per heavy atom. The highest BCUT2D eigenvalue weighted by atomic mass is 19.4. The molecule has 0 radical (unpaired) electrons. The fourth-order valence-corrected chi connectivity index (χ4v) is 2.05. The van der Waals surface area contributed by atoms with E-state index in [0.717, 1.165) is 0 Å². The van der Waals surface area contributed by atoms with Gasteiger partial charge in [0.1, 0.15) is 0 Å². The van der Waals surface area contributed by atoms with E-state index in [2.05, 4.69) is 5.10 Å². The fraction of sp³-hybridized carbons (Fsp3) is 0.125. The number of nitrogens with one attached hydrogen (secondary N) is 1. The Balaban J connectivity index is 2.41. The molecule has 0 aliphatic rings. The van der Waals surface area contributed by atoms with Crippen LogP contribution in [0.1, 0.15) is 16.7 Å². The Labute approximate surface area is 143 Å². The monoisotopic (exact) mass is 375 g/mol. The van der Waals surface area contributed by atoms with Crippen molar-refractivity contribution in [2.24, 2.45) is 10.8 Å². The molecule has 0 spiro atoms. The van der Waals surface area contributed by atoms with Crippen LogP contribution in [-0.4, -0.2) is 12.2 Å². The Morgan fingerprint density at radius 2 is 1.38 bits per heavy atom. The van der Waals surface area contributed by atoms with Crippen LogP contribution in [0.5, 0.6) is 0 Å². The summed E-state index contributed by atoms with van der Waals surface area (Å²) in [5.41, 5.74) is 4.35. The van der Waals surface area contributed by atoms with E-state index in [-0.39, 0.29) is 17.2 Å². The van der Waals surface area contributed by atoms with Gasteiger partial charge in [-0.1, -0.05) is 24.3 Å². The van der Waals surface area contributed by atoms with Crippen molar-refractivity contribution in [3.8, 4) is 11.1 Å². The summed E-state index contributed by atoms with van der Waals surface area (Å²) in [6.45, 7) is 0. The molecule has 0 aromatic heterocycles. The first-order valence-corrected chi connectivity index (χ1v) is 6.95. The SMILES string of the molecule is NC(=O)NN=Cc1ccc(-c2cc(C(F)(F)F)cc(C(F)(F)F)c2)cc1. The highest BCUT2D eigenvalue weighted by Gasteiger charge is 2.36. The van der Waals surface area contributed by atoms with Gasteiger partial charge in [-0.2, -0.15) is 31.4 Å². The van der Waals surface area contributed by atoms with E-state index in [9.17, 15) is 31.1 Å². The van der Waals surface area contributed by atoms with Gasteiger partial charge in [-0.15, -0.1) is 0 Å². The molecule has 0 bridgehead atoms. The summed E-state index contributed by atoms with van der Waals surface area (Å²) in [6, 6.07) is 5.97. The maximum atomic E-state index is 12.9. The molecule has 0 aliphatic carbocycles. The fourth-order valence-electron chi connectivity index (χ4n) is 2.05. The van der Waals surface area contributed by atoms with E-state index in [1.165, 1.54) is 30.5 Å². The molecular weight excluding hydrogens is 364 g/mol. The Kier molecular flexibility index (Phi) is 5.24. The predicted octanol–water partition coefficient (Wildman–Crippen LogP) is 4.39. The highest BCUT2D eigenvalue weighted by Crippen LogP contribution is 2.38. The van der Waals surface area contributed by atoms with Crippen LogP contribution in [0.4, 0.5) is 31.1 Å². The lowest BCUT2D eigenvalue weighted by Crippen LogP contribution is -2.24. The van der Waals surface area contributed by atoms with Crippen LogP contribution in [0.3, 0.4) is 0 Å². The van der Waals surface area contributed by atoms with Gasteiger partial charge in [0.05, 0.1) is 17.3 Å². The molecule has 0 fully saturated rings. The van der Waals surface area contributed by atoms with Crippen molar-refractivity contribution in [1.29, 1.82) is 0 Å². The number of carbonyl (C=O) groups is 1. The number of amides is 2. The minimum Gasteiger partial charge on any atom is -0.350 e. The standard InChI is InChI=1S/C16H11F6N3O/c17-15(18,19)12-5-11(6-13(7-12)16(20,21)22)10-3-1-9(2-4-10)8-24-25-14(23)26/h1-8H,(H3,23,25,26). The number of primary amides is 1. The molecule has 26 heavy (non-hydrogen) atoms. The van der Waals surface area contributed by atoms with Crippen molar-refractivity contribution >= 4 is 12.2 Å². The van der Waals surface area contributed by atoms with Crippen molar-refractivity contribution in [3.05, 3.63) is 59.2 Å². The van der Waals surface area contributed by atoms with E-state index >= 15 is 0 Å². The number of alkyl halides is 6. The van der Waals surface area contributed by atoms with Crippen LogP contribution in [0.2, 0.25) is 0 Å². The number of halogens is 6. The van der Waals surface area contributed by atoms with E-state index in [4.69, 9.17) is 5.73 Å². The van der Waals surface area contributed by atoms with Crippen molar-refractivity contribution < 1.29 is 31.1 Å². The molecule has 0 heterocycles. The maximum absolute atomic E-state index is 12.9. The number of benzene rings is 2. The van der Waals surface area contributed by atoms with Crippen LogP contribution >= 0.6 is 0 Å². The lowest BCUT2D eigenvalue weighted by Gasteiger charge is -2.14. The van der Waals surface area contributed by atoms with Crippen molar-refractivity contribution in [2.45, 2.75) is 12.4 Å². The Hall–Kier alpha value is -3.04. The molecular formula is C16H11F6N3O. The minimum absolute atomic E-state index is 0.0695. The van der Waals surface area contributed by atoms with Gasteiger partial charge < -0.3 is 5.73 Å². The number of hydrazone groups is 1. The summed E-state index contributed by atoms with van der Waals surface area (Å²) < 4.78 is 77.3. The number of nitrogens with two attached hydrogens (primary N) is 1. The normalized spacial score (nSPS) is 12.4. The summed E-state index contributed by atoms with van der Waals surface area (Å²) >= 11 is 0. The van der Waals surface area contributed by atoms with E-state index in [1.54, 1.807) is 0 Å². The van der Waals surface area contributed by atoms with E-state index in [0.29, 0.717) is 17.7 Å². The summed E-state index contributed by atoms with van der Waals surface area (Å²) in [5, 5.41) is 3.49. The van der Waals surface area contributed by atoms with E-state index < -0.39 is 29.5 Å².